The summed E-state index contributed by atoms with van der Waals surface area (Å²) < 4.78 is 12.0. The molecule has 1 aromatic heterocycles. The molecule has 0 radical (unpaired) electrons. The minimum Gasteiger partial charge on any atom is -0.483 e. The van der Waals surface area contributed by atoms with Crippen molar-refractivity contribution < 1.29 is 9.47 Å². The topological polar surface area (TPSA) is 44.2 Å². The Labute approximate surface area is 178 Å². The van der Waals surface area contributed by atoms with Gasteiger partial charge in [0, 0.05) is 12.0 Å². The number of hydrogen-bond donors (Lipinski definition) is 0. The van der Waals surface area contributed by atoms with E-state index in [0.717, 1.165) is 11.1 Å². The summed E-state index contributed by atoms with van der Waals surface area (Å²) in [5.41, 5.74) is 2.77. The van der Waals surface area contributed by atoms with Crippen molar-refractivity contribution in [2.45, 2.75) is 45.3 Å². The third-order valence-electron chi connectivity index (χ3n) is 5.19. The molecule has 0 bridgehead atoms. The summed E-state index contributed by atoms with van der Waals surface area (Å²) >= 11 is 0. The Balaban J connectivity index is 1.50. The molecule has 1 saturated carbocycles. The molecule has 1 fully saturated rings. The molecule has 1 heterocycles. The number of benzene rings is 2. The van der Waals surface area contributed by atoms with Crippen molar-refractivity contribution in [2.24, 2.45) is 5.92 Å². The molecule has 152 valence electrons. The Bertz CT molecular complexity index is 988. The van der Waals surface area contributed by atoms with E-state index in [0.29, 0.717) is 36.5 Å². The summed E-state index contributed by atoms with van der Waals surface area (Å²) in [4.78, 5) is 0. The predicted octanol–water partition coefficient (Wildman–Crippen LogP) is 5.57. The predicted molar refractivity (Wildman–Crippen MR) is 117 cm³/mol. The Morgan fingerprint density at radius 1 is 0.767 bits per heavy atom. The number of rotatable bonds is 6. The van der Waals surface area contributed by atoms with Gasteiger partial charge in [0.1, 0.15) is 18.9 Å². The summed E-state index contributed by atoms with van der Waals surface area (Å²) in [7, 11) is 0. The monoisotopic (exact) mass is 398 g/mol. The quantitative estimate of drug-likeness (QED) is 0.510. The van der Waals surface area contributed by atoms with Gasteiger partial charge in [-0.05, 0) is 29.9 Å². The number of aromatic nitrogens is 2. The van der Waals surface area contributed by atoms with Gasteiger partial charge in [-0.25, -0.2) is 0 Å². The molecule has 0 unspecified atom stereocenters. The number of ether oxygens (including phenoxy) is 2. The lowest BCUT2D eigenvalue weighted by Crippen LogP contribution is -2.05. The first-order valence-corrected chi connectivity index (χ1v) is 10.6. The fourth-order valence-corrected chi connectivity index (χ4v) is 3.51. The van der Waals surface area contributed by atoms with E-state index in [1.54, 1.807) is 0 Å². The van der Waals surface area contributed by atoms with Crippen LogP contribution in [-0.2, 0) is 13.2 Å². The Kier molecular flexibility index (Phi) is 6.96. The van der Waals surface area contributed by atoms with Crippen LogP contribution in [0.2, 0.25) is 0 Å². The minimum absolute atomic E-state index is 0.387. The molecule has 0 amide bonds. The van der Waals surface area contributed by atoms with Crippen molar-refractivity contribution >= 4 is 0 Å². The fourth-order valence-electron chi connectivity index (χ4n) is 3.51. The van der Waals surface area contributed by atoms with E-state index in [-0.39, 0.29) is 0 Å². The highest BCUT2D eigenvalue weighted by molar-refractivity contribution is 5.40. The molecule has 0 saturated heterocycles. The highest BCUT2D eigenvalue weighted by atomic mass is 16.5. The maximum absolute atomic E-state index is 6.05. The van der Waals surface area contributed by atoms with Gasteiger partial charge in [-0.15, -0.1) is 10.2 Å². The lowest BCUT2D eigenvalue weighted by molar-refractivity contribution is 0.244. The Morgan fingerprint density at radius 3 is 2.07 bits per heavy atom. The SMILES string of the molecule is C(#CC1CCCCC1)c1cc(OCc2ccccc2)c(OCc2ccccc2)nn1. The number of nitrogens with zero attached hydrogens (tertiary/aromatic N) is 2. The third-order valence-corrected chi connectivity index (χ3v) is 5.19. The van der Waals surface area contributed by atoms with Gasteiger partial charge in [-0.2, -0.15) is 0 Å². The smallest absolute Gasteiger partial charge is 0.276 e. The average Bonchev–Trinajstić information content (AvgIpc) is 2.82. The van der Waals surface area contributed by atoms with Gasteiger partial charge in [0.15, 0.2) is 5.75 Å². The maximum atomic E-state index is 6.05. The van der Waals surface area contributed by atoms with Crippen LogP contribution in [0.15, 0.2) is 66.7 Å². The highest BCUT2D eigenvalue weighted by Crippen LogP contribution is 2.27. The molecule has 1 aliphatic carbocycles. The van der Waals surface area contributed by atoms with E-state index in [1.807, 2.05) is 66.7 Å². The van der Waals surface area contributed by atoms with Crippen LogP contribution in [0.4, 0.5) is 0 Å². The zero-order valence-electron chi connectivity index (χ0n) is 17.1. The van der Waals surface area contributed by atoms with E-state index in [4.69, 9.17) is 9.47 Å². The molecule has 4 rings (SSSR count). The molecule has 0 spiro atoms. The van der Waals surface area contributed by atoms with Crippen LogP contribution in [0.25, 0.3) is 0 Å². The first-order chi connectivity index (χ1) is 14.9. The van der Waals surface area contributed by atoms with Crippen molar-refractivity contribution in [3.63, 3.8) is 0 Å². The second-order valence-corrected chi connectivity index (χ2v) is 7.55. The molecule has 4 heteroatoms. The molecule has 1 aliphatic rings. The second-order valence-electron chi connectivity index (χ2n) is 7.55. The van der Waals surface area contributed by atoms with Crippen LogP contribution in [0, 0.1) is 17.8 Å². The number of hydrogen-bond acceptors (Lipinski definition) is 4. The summed E-state index contributed by atoms with van der Waals surface area (Å²) in [6.07, 6.45) is 6.21. The highest BCUT2D eigenvalue weighted by Gasteiger charge is 2.12. The van der Waals surface area contributed by atoms with Crippen LogP contribution < -0.4 is 9.47 Å². The van der Waals surface area contributed by atoms with Crippen LogP contribution in [-0.4, -0.2) is 10.2 Å². The van der Waals surface area contributed by atoms with E-state index >= 15 is 0 Å². The average molecular weight is 399 g/mol. The van der Waals surface area contributed by atoms with E-state index in [9.17, 15) is 0 Å². The zero-order valence-corrected chi connectivity index (χ0v) is 17.1. The largest absolute Gasteiger partial charge is 0.483 e. The molecule has 0 N–H and O–H groups in total. The van der Waals surface area contributed by atoms with Gasteiger partial charge in [-0.1, -0.05) is 85.8 Å². The molecule has 3 aromatic rings. The fraction of sp³-hybridized carbons (Fsp3) is 0.308. The minimum atomic E-state index is 0.387. The summed E-state index contributed by atoms with van der Waals surface area (Å²) in [6.45, 7) is 0.841. The molecule has 2 aromatic carbocycles. The first-order valence-electron chi connectivity index (χ1n) is 10.6. The summed E-state index contributed by atoms with van der Waals surface area (Å²) in [5, 5.41) is 8.53. The molecular weight excluding hydrogens is 372 g/mol. The summed E-state index contributed by atoms with van der Waals surface area (Å²) in [5.74, 6) is 7.98. The maximum Gasteiger partial charge on any atom is 0.276 e. The zero-order chi connectivity index (χ0) is 20.4. The van der Waals surface area contributed by atoms with E-state index in [2.05, 4.69) is 22.0 Å². The van der Waals surface area contributed by atoms with Gasteiger partial charge in [-0.3, -0.25) is 0 Å². The van der Waals surface area contributed by atoms with E-state index in [1.165, 1.54) is 32.1 Å². The molecule has 0 aliphatic heterocycles. The lowest BCUT2D eigenvalue weighted by Gasteiger charge is -2.15. The van der Waals surface area contributed by atoms with Gasteiger partial charge in [0.2, 0.25) is 0 Å². The van der Waals surface area contributed by atoms with Crippen molar-refractivity contribution in [1.29, 1.82) is 0 Å². The molecule has 4 nitrogen and oxygen atoms in total. The van der Waals surface area contributed by atoms with Crippen molar-refractivity contribution in [3.05, 3.63) is 83.6 Å². The first kappa shape index (κ1) is 20.0. The third kappa shape index (κ3) is 5.84. The molecule has 30 heavy (non-hydrogen) atoms. The lowest BCUT2D eigenvalue weighted by atomic mass is 9.90. The Morgan fingerprint density at radius 2 is 1.40 bits per heavy atom. The van der Waals surface area contributed by atoms with Gasteiger partial charge in [0.05, 0.1) is 0 Å². The van der Waals surface area contributed by atoms with Gasteiger partial charge in [0.25, 0.3) is 5.88 Å². The van der Waals surface area contributed by atoms with Crippen LogP contribution >= 0.6 is 0 Å². The molecular formula is C26H26N2O2. The van der Waals surface area contributed by atoms with Crippen molar-refractivity contribution in [2.75, 3.05) is 0 Å². The van der Waals surface area contributed by atoms with Crippen LogP contribution in [0.5, 0.6) is 11.6 Å². The van der Waals surface area contributed by atoms with Gasteiger partial charge < -0.3 is 9.47 Å². The normalized spacial score (nSPS) is 13.9. The van der Waals surface area contributed by atoms with Crippen molar-refractivity contribution in [1.82, 2.24) is 10.2 Å². The van der Waals surface area contributed by atoms with Crippen LogP contribution in [0.1, 0.15) is 48.9 Å². The van der Waals surface area contributed by atoms with Gasteiger partial charge >= 0.3 is 0 Å². The second kappa shape index (κ2) is 10.5. The summed E-state index contributed by atoms with van der Waals surface area (Å²) in [6, 6.07) is 21.9. The van der Waals surface area contributed by atoms with E-state index < -0.39 is 0 Å². The molecule has 0 atom stereocenters. The Hall–Kier alpha value is -3.32. The van der Waals surface area contributed by atoms with Crippen molar-refractivity contribution in [3.8, 4) is 23.5 Å². The van der Waals surface area contributed by atoms with Crippen LogP contribution in [0.3, 0.4) is 0 Å². The standard InChI is InChI=1S/C26H26N2O2/c1-4-10-21(11-5-1)16-17-24-18-25(29-19-22-12-6-2-7-13-22)26(28-27-24)30-20-23-14-8-3-9-15-23/h2-3,6-9,12-15,18,21H,1,4-5,10-11,19-20H2.